The lowest BCUT2D eigenvalue weighted by Gasteiger charge is -2.34. The molecule has 1 aromatic rings. The molecule has 1 aromatic carbocycles. The van der Waals surface area contributed by atoms with Crippen LogP contribution in [-0.2, 0) is 0 Å². The first-order chi connectivity index (χ1) is 10.5. The fourth-order valence-corrected chi connectivity index (χ4v) is 2.28. The summed E-state index contributed by atoms with van der Waals surface area (Å²) in [7, 11) is 3.57. The molecule has 2 rings (SSSR count). The van der Waals surface area contributed by atoms with Crippen LogP contribution in [0.1, 0.15) is 24.2 Å². The predicted octanol–water partition coefficient (Wildman–Crippen LogP) is 1.73. The Balaban J connectivity index is 0.00000116. The number of carbonyl (C=O) groups excluding carboxylic acids is 1. The summed E-state index contributed by atoms with van der Waals surface area (Å²) in [5.41, 5.74) is 1.04. The van der Waals surface area contributed by atoms with Crippen molar-refractivity contribution < 1.29 is 9.72 Å². The Labute approximate surface area is 131 Å². The van der Waals surface area contributed by atoms with Crippen LogP contribution in [0.15, 0.2) is 18.2 Å². The lowest BCUT2D eigenvalue weighted by Crippen LogP contribution is -2.45. The molecule has 0 bridgehead atoms. The van der Waals surface area contributed by atoms with E-state index in [4.69, 9.17) is 0 Å². The summed E-state index contributed by atoms with van der Waals surface area (Å²) < 4.78 is 0. The fraction of sp³-hybridized carbons (Fsp3) is 0.533. The summed E-state index contributed by atoms with van der Waals surface area (Å²) in [5.74, 6) is -0.303. The molecule has 1 N–H and O–H groups in total. The van der Waals surface area contributed by atoms with Gasteiger partial charge in [0.15, 0.2) is 0 Å². The largest absolute Gasteiger partial charge is 0.368 e. The van der Waals surface area contributed by atoms with Crippen molar-refractivity contribution in [3.63, 3.8) is 0 Å². The number of rotatable bonds is 3. The Morgan fingerprint density at radius 3 is 2.32 bits per heavy atom. The van der Waals surface area contributed by atoms with Crippen molar-refractivity contribution in [2.45, 2.75) is 13.8 Å². The smallest absolute Gasteiger partial charge is 0.270 e. The lowest BCUT2D eigenvalue weighted by molar-refractivity contribution is -0.384. The SMILES string of the molecule is CC.CNC(=O)c1cc([N+](=O)[O-])ccc1N1CCN(C)CC1. The van der Waals surface area contributed by atoms with Gasteiger partial charge in [-0.15, -0.1) is 0 Å². The average Bonchev–Trinajstić information content (AvgIpc) is 2.56. The molecule has 0 spiro atoms. The summed E-state index contributed by atoms with van der Waals surface area (Å²) in [6.07, 6.45) is 0. The Morgan fingerprint density at radius 1 is 1.23 bits per heavy atom. The van der Waals surface area contributed by atoms with Crippen molar-refractivity contribution in [1.29, 1.82) is 0 Å². The molecule has 0 unspecified atom stereocenters. The molecular formula is C15H24N4O3. The zero-order valence-corrected chi connectivity index (χ0v) is 13.6. The van der Waals surface area contributed by atoms with Crippen LogP contribution in [0.2, 0.25) is 0 Å². The van der Waals surface area contributed by atoms with Gasteiger partial charge in [-0.05, 0) is 13.1 Å². The number of anilines is 1. The van der Waals surface area contributed by atoms with E-state index < -0.39 is 4.92 Å². The lowest BCUT2D eigenvalue weighted by atomic mass is 10.1. The van der Waals surface area contributed by atoms with Crippen LogP contribution in [0.3, 0.4) is 0 Å². The third-order valence-corrected chi connectivity index (χ3v) is 3.51. The van der Waals surface area contributed by atoms with Gasteiger partial charge in [0.1, 0.15) is 0 Å². The highest BCUT2D eigenvalue weighted by Crippen LogP contribution is 2.26. The second-order valence-corrected chi connectivity index (χ2v) is 4.83. The molecule has 1 saturated heterocycles. The number of non-ortho nitro benzene ring substituents is 1. The van der Waals surface area contributed by atoms with E-state index in [0.717, 1.165) is 31.9 Å². The zero-order chi connectivity index (χ0) is 16.7. The number of piperazine rings is 1. The number of nitro benzene ring substituents is 1. The number of hydrogen-bond donors (Lipinski definition) is 1. The molecule has 0 aromatic heterocycles. The number of carbonyl (C=O) groups is 1. The predicted molar refractivity (Wildman–Crippen MR) is 87.5 cm³/mol. The minimum absolute atomic E-state index is 0.0681. The van der Waals surface area contributed by atoms with Gasteiger partial charge >= 0.3 is 0 Å². The maximum atomic E-state index is 11.9. The first-order valence-electron chi connectivity index (χ1n) is 7.47. The summed E-state index contributed by atoms with van der Waals surface area (Å²) in [4.78, 5) is 26.6. The third kappa shape index (κ3) is 4.17. The molecule has 1 aliphatic rings. The van der Waals surface area contributed by atoms with E-state index in [1.165, 1.54) is 19.2 Å². The number of nitro groups is 1. The normalized spacial score (nSPS) is 14.8. The molecule has 7 nitrogen and oxygen atoms in total. The minimum atomic E-state index is -0.486. The molecule has 0 saturated carbocycles. The second-order valence-electron chi connectivity index (χ2n) is 4.83. The van der Waals surface area contributed by atoms with E-state index in [0.29, 0.717) is 5.56 Å². The molecule has 1 fully saturated rings. The first kappa shape index (κ1) is 17.9. The summed E-state index contributed by atoms with van der Waals surface area (Å²) in [6, 6.07) is 4.45. The summed E-state index contributed by atoms with van der Waals surface area (Å²) in [6.45, 7) is 7.42. The van der Waals surface area contributed by atoms with Crippen molar-refractivity contribution in [3.05, 3.63) is 33.9 Å². The van der Waals surface area contributed by atoms with Crippen molar-refractivity contribution >= 4 is 17.3 Å². The monoisotopic (exact) mass is 308 g/mol. The Kier molecular flexibility index (Phi) is 6.78. The van der Waals surface area contributed by atoms with Crippen LogP contribution in [0.5, 0.6) is 0 Å². The number of amides is 1. The van der Waals surface area contributed by atoms with Crippen LogP contribution in [0, 0.1) is 10.1 Å². The van der Waals surface area contributed by atoms with Gasteiger partial charge in [-0.25, -0.2) is 0 Å². The Hall–Kier alpha value is -2.15. The number of nitrogens with one attached hydrogen (secondary N) is 1. The van der Waals surface area contributed by atoms with Crippen molar-refractivity contribution in [2.75, 3.05) is 45.2 Å². The van der Waals surface area contributed by atoms with Crippen molar-refractivity contribution in [2.24, 2.45) is 0 Å². The Morgan fingerprint density at radius 2 is 1.82 bits per heavy atom. The second kappa shape index (κ2) is 8.33. The van der Waals surface area contributed by atoms with E-state index in [1.807, 2.05) is 20.9 Å². The molecule has 7 heteroatoms. The maximum absolute atomic E-state index is 11.9. The van der Waals surface area contributed by atoms with Crippen LogP contribution in [0.4, 0.5) is 11.4 Å². The zero-order valence-electron chi connectivity index (χ0n) is 13.6. The Bertz CT molecular complexity index is 526. The molecule has 1 amide bonds. The number of benzene rings is 1. The molecule has 122 valence electrons. The summed E-state index contributed by atoms with van der Waals surface area (Å²) in [5, 5.41) is 13.4. The highest BCUT2D eigenvalue weighted by molar-refractivity contribution is 6.00. The van der Waals surface area contributed by atoms with E-state index in [2.05, 4.69) is 15.1 Å². The van der Waals surface area contributed by atoms with E-state index in [9.17, 15) is 14.9 Å². The van der Waals surface area contributed by atoms with Gasteiger partial charge in [0.05, 0.1) is 16.2 Å². The van der Waals surface area contributed by atoms with E-state index >= 15 is 0 Å². The van der Waals surface area contributed by atoms with E-state index in [-0.39, 0.29) is 11.6 Å². The van der Waals surface area contributed by atoms with Crippen LogP contribution < -0.4 is 10.2 Å². The average molecular weight is 308 g/mol. The highest BCUT2D eigenvalue weighted by Gasteiger charge is 2.22. The van der Waals surface area contributed by atoms with E-state index in [1.54, 1.807) is 6.07 Å². The van der Waals surface area contributed by atoms with Gasteiger partial charge < -0.3 is 15.1 Å². The minimum Gasteiger partial charge on any atom is -0.368 e. The third-order valence-electron chi connectivity index (χ3n) is 3.51. The molecule has 0 atom stereocenters. The topological polar surface area (TPSA) is 78.7 Å². The van der Waals surface area contributed by atoms with Crippen LogP contribution >= 0.6 is 0 Å². The van der Waals surface area contributed by atoms with Gasteiger partial charge in [0.2, 0.25) is 0 Å². The molecule has 0 radical (unpaired) electrons. The maximum Gasteiger partial charge on any atom is 0.270 e. The highest BCUT2D eigenvalue weighted by atomic mass is 16.6. The molecule has 1 aliphatic heterocycles. The fourth-order valence-electron chi connectivity index (χ4n) is 2.28. The van der Waals surface area contributed by atoms with Gasteiger partial charge in [-0.3, -0.25) is 14.9 Å². The van der Waals surface area contributed by atoms with Crippen LogP contribution in [-0.4, -0.2) is 56.0 Å². The molecule has 1 heterocycles. The quantitative estimate of drug-likeness (QED) is 0.679. The molecular weight excluding hydrogens is 284 g/mol. The number of hydrogen-bond acceptors (Lipinski definition) is 5. The van der Waals surface area contributed by atoms with Crippen molar-refractivity contribution in [1.82, 2.24) is 10.2 Å². The number of nitrogens with zero attached hydrogens (tertiary/aromatic N) is 3. The van der Waals surface area contributed by atoms with Gasteiger partial charge in [-0.2, -0.15) is 0 Å². The summed E-state index contributed by atoms with van der Waals surface area (Å²) >= 11 is 0. The molecule has 0 aliphatic carbocycles. The number of likely N-dealkylation sites (N-methyl/N-ethyl adjacent to an activating group) is 1. The first-order valence-corrected chi connectivity index (χ1v) is 7.47. The van der Waals surface area contributed by atoms with Crippen molar-refractivity contribution in [3.8, 4) is 0 Å². The van der Waals surface area contributed by atoms with Crippen LogP contribution in [0.25, 0.3) is 0 Å². The van der Waals surface area contributed by atoms with Gasteiger partial charge in [0, 0.05) is 45.4 Å². The van der Waals surface area contributed by atoms with Gasteiger partial charge in [0.25, 0.3) is 11.6 Å². The van der Waals surface area contributed by atoms with Gasteiger partial charge in [-0.1, -0.05) is 13.8 Å². The molecule has 22 heavy (non-hydrogen) atoms. The standard InChI is InChI=1S/C13H18N4O3.C2H6/c1-14-13(18)11-9-10(17(19)20)3-4-12(11)16-7-5-15(2)6-8-16;1-2/h3-4,9H,5-8H2,1-2H3,(H,14,18);1-2H3.